The molecule has 162 valence electrons. The molecule has 0 aliphatic carbocycles. The van der Waals surface area contributed by atoms with Crippen molar-refractivity contribution in [2.45, 2.75) is 38.8 Å². The van der Waals surface area contributed by atoms with Crippen LogP contribution in [-0.4, -0.2) is 39.8 Å². The van der Waals surface area contributed by atoms with Crippen LogP contribution in [0.2, 0.25) is 0 Å². The van der Waals surface area contributed by atoms with Gasteiger partial charge in [-0.25, -0.2) is 8.42 Å². The number of ether oxygens (including phenoxy) is 2. The zero-order chi connectivity index (χ0) is 22.1. The number of carbonyl (C=O) groups is 1. The number of hydrogen-bond donors (Lipinski definition) is 1. The van der Waals surface area contributed by atoms with Gasteiger partial charge in [-0.1, -0.05) is 24.3 Å². The predicted octanol–water partition coefficient (Wildman–Crippen LogP) is 3.19. The van der Waals surface area contributed by atoms with Crippen molar-refractivity contribution in [2.24, 2.45) is 0 Å². The van der Waals surface area contributed by atoms with Crippen molar-refractivity contribution >= 4 is 21.6 Å². The molecule has 0 saturated carbocycles. The van der Waals surface area contributed by atoms with E-state index in [4.69, 9.17) is 9.47 Å². The molecular weight excluding hydrogens is 404 g/mol. The zero-order valence-electron chi connectivity index (χ0n) is 17.9. The van der Waals surface area contributed by atoms with Gasteiger partial charge in [0.05, 0.1) is 25.1 Å². The van der Waals surface area contributed by atoms with Gasteiger partial charge in [0.25, 0.3) is 0 Å². The minimum absolute atomic E-state index is 0.279. The van der Waals surface area contributed by atoms with Crippen molar-refractivity contribution in [2.75, 3.05) is 24.2 Å². The average Bonchev–Trinajstić information content (AvgIpc) is 2.64. The Kier molecular flexibility index (Phi) is 5.99. The van der Waals surface area contributed by atoms with Crippen molar-refractivity contribution < 1.29 is 22.7 Å². The van der Waals surface area contributed by atoms with Gasteiger partial charge in [-0.05, 0) is 44.5 Å². The Morgan fingerprint density at radius 3 is 2.63 bits per heavy atom. The van der Waals surface area contributed by atoms with Crippen molar-refractivity contribution in [3.05, 3.63) is 53.6 Å². The number of para-hydroxylation sites is 1. The number of methoxy groups -OCH3 is 1. The van der Waals surface area contributed by atoms with Gasteiger partial charge in [-0.15, -0.1) is 0 Å². The van der Waals surface area contributed by atoms with Crippen molar-refractivity contribution in [1.82, 2.24) is 5.32 Å². The van der Waals surface area contributed by atoms with Gasteiger partial charge >= 0.3 is 0 Å². The van der Waals surface area contributed by atoms with Gasteiger partial charge < -0.3 is 14.8 Å². The minimum atomic E-state index is -3.72. The molecule has 7 nitrogen and oxygen atoms in total. The Bertz CT molecular complexity index is 1050. The molecule has 0 unspecified atom stereocenters. The number of sulfonamides is 1. The van der Waals surface area contributed by atoms with Gasteiger partial charge in [0.1, 0.15) is 23.6 Å². The summed E-state index contributed by atoms with van der Waals surface area (Å²) in [6.45, 7) is 5.42. The summed E-state index contributed by atoms with van der Waals surface area (Å²) in [6, 6.07) is 12.5. The molecule has 1 aliphatic rings. The third-order valence-corrected chi connectivity index (χ3v) is 6.13. The van der Waals surface area contributed by atoms with Crippen LogP contribution < -0.4 is 19.1 Å². The number of anilines is 1. The van der Waals surface area contributed by atoms with E-state index in [1.165, 1.54) is 7.11 Å². The summed E-state index contributed by atoms with van der Waals surface area (Å²) >= 11 is 0. The molecule has 3 rings (SSSR count). The predicted molar refractivity (Wildman–Crippen MR) is 117 cm³/mol. The lowest BCUT2D eigenvalue weighted by Crippen LogP contribution is -2.45. The van der Waals surface area contributed by atoms with Gasteiger partial charge in [0.2, 0.25) is 15.9 Å². The third kappa shape index (κ3) is 4.87. The number of fused-ring (bicyclic) bond motifs is 1. The van der Waals surface area contributed by atoms with Crippen molar-refractivity contribution in [3.8, 4) is 11.5 Å². The van der Waals surface area contributed by atoms with Crippen LogP contribution in [0.4, 0.5) is 5.69 Å². The Morgan fingerprint density at radius 1 is 1.27 bits per heavy atom. The molecule has 8 heteroatoms. The molecule has 0 saturated heterocycles. The van der Waals surface area contributed by atoms with Gasteiger partial charge in [-0.3, -0.25) is 9.10 Å². The van der Waals surface area contributed by atoms with E-state index >= 15 is 0 Å². The van der Waals surface area contributed by atoms with Gasteiger partial charge in [0, 0.05) is 12.0 Å². The lowest BCUT2D eigenvalue weighted by molar-refractivity contribution is -0.120. The van der Waals surface area contributed by atoms with E-state index in [2.05, 4.69) is 5.32 Å². The van der Waals surface area contributed by atoms with E-state index in [1.807, 2.05) is 51.1 Å². The highest BCUT2D eigenvalue weighted by molar-refractivity contribution is 7.92. The lowest BCUT2D eigenvalue weighted by atomic mass is 9.89. The second kappa shape index (κ2) is 8.18. The molecule has 0 radical (unpaired) electrons. The van der Waals surface area contributed by atoms with Gasteiger partial charge in [-0.2, -0.15) is 0 Å². The maximum absolute atomic E-state index is 12.9. The van der Waals surface area contributed by atoms with Gasteiger partial charge in [0.15, 0.2) is 0 Å². The monoisotopic (exact) mass is 432 g/mol. The SMILES string of the molecule is COc1ccc(C)cc1N(CC(=O)N[C@H]1CC(C)(C)Oc2ccccc21)S(C)(=O)=O. The molecular formula is C22H28N2O5S. The highest BCUT2D eigenvalue weighted by Gasteiger charge is 2.35. The smallest absolute Gasteiger partial charge is 0.241 e. The molecule has 2 aromatic carbocycles. The van der Waals surface area contributed by atoms with Crippen LogP contribution in [0.5, 0.6) is 11.5 Å². The number of nitrogens with one attached hydrogen (secondary N) is 1. The van der Waals surface area contributed by atoms with Crippen molar-refractivity contribution in [3.63, 3.8) is 0 Å². The van der Waals surface area contributed by atoms with E-state index in [0.29, 0.717) is 17.9 Å². The Morgan fingerprint density at radius 2 is 1.97 bits per heavy atom. The molecule has 1 N–H and O–H groups in total. The molecule has 0 aromatic heterocycles. The fourth-order valence-corrected chi connectivity index (χ4v) is 4.53. The van der Waals surface area contributed by atoms with E-state index in [1.54, 1.807) is 12.1 Å². The van der Waals surface area contributed by atoms with Crippen LogP contribution in [0.25, 0.3) is 0 Å². The maximum Gasteiger partial charge on any atom is 0.241 e. The quantitative estimate of drug-likeness (QED) is 0.758. The van der Waals surface area contributed by atoms with E-state index in [-0.39, 0.29) is 12.6 Å². The summed E-state index contributed by atoms with van der Waals surface area (Å²) in [4.78, 5) is 12.9. The molecule has 1 heterocycles. The van der Waals surface area contributed by atoms with E-state index in [9.17, 15) is 13.2 Å². The topological polar surface area (TPSA) is 84.9 Å². The van der Waals surface area contributed by atoms with E-state index < -0.39 is 21.5 Å². The Balaban J connectivity index is 1.87. The summed E-state index contributed by atoms with van der Waals surface area (Å²) in [5.74, 6) is 0.706. The van der Waals surface area contributed by atoms with Crippen LogP contribution in [0.15, 0.2) is 42.5 Å². The lowest BCUT2D eigenvalue weighted by Gasteiger charge is -2.38. The molecule has 0 fully saturated rings. The highest BCUT2D eigenvalue weighted by Crippen LogP contribution is 2.39. The van der Waals surface area contributed by atoms with Crippen LogP contribution in [-0.2, 0) is 14.8 Å². The first-order valence-corrected chi connectivity index (χ1v) is 11.5. The largest absolute Gasteiger partial charge is 0.495 e. The van der Waals surface area contributed by atoms with Crippen LogP contribution >= 0.6 is 0 Å². The molecule has 0 bridgehead atoms. The first-order valence-electron chi connectivity index (χ1n) is 9.70. The zero-order valence-corrected chi connectivity index (χ0v) is 18.7. The molecule has 2 aromatic rings. The van der Waals surface area contributed by atoms with Crippen LogP contribution in [0.3, 0.4) is 0 Å². The Hall–Kier alpha value is -2.74. The summed E-state index contributed by atoms with van der Waals surface area (Å²) in [5, 5.41) is 2.99. The fraction of sp³-hybridized carbons (Fsp3) is 0.409. The third-order valence-electron chi connectivity index (χ3n) is 5.00. The average molecular weight is 433 g/mol. The fourth-order valence-electron chi connectivity index (χ4n) is 3.68. The second-order valence-electron chi connectivity index (χ2n) is 8.17. The van der Waals surface area contributed by atoms with E-state index in [0.717, 1.165) is 27.4 Å². The molecule has 0 spiro atoms. The Labute approximate surface area is 178 Å². The number of rotatable bonds is 6. The van der Waals surface area contributed by atoms with Crippen LogP contribution in [0, 0.1) is 6.92 Å². The molecule has 30 heavy (non-hydrogen) atoms. The number of aryl methyl sites for hydroxylation is 1. The maximum atomic E-state index is 12.9. The van der Waals surface area contributed by atoms with Crippen LogP contribution in [0.1, 0.15) is 37.4 Å². The number of benzene rings is 2. The first kappa shape index (κ1) is 22.0. The summed E-state index contributed by atoms with van der Waals surface area (Å²) in [5.41, 5.74) is 1.62. The number of hydrogen-bond acceptors (Lipinski definition) is 5. The summed E-state index contributed by atoms with van der Waals surface area (Å²) in [6.07, 6.45) is 1.65. The standard InChI is InChI=1S/C22H28N2O5S/c1-15-10-11-20(28-4)18(12-15)24(30(5,26)27)14-21(25)23-17-13-22(2,3)29-19-9-7-6-8-16(17)19/h6-12,17H,13-14H2,1-5H3,(H,23,25)/t17-/m0/s1. The number of carbonyl (C=O) groups excluding carboxylic acids is 1. The molecule has 1 aliphatic heterocycles. The molecule has 1 atom stereocenters. The first-order chi connectivity index (χ1) is 14.0. The summed E-state index contributed by atoms with van der Waals surface area (Å²) in [7, 11) is -2.25. The number of nitrogens with zero attached hydrogens (tertiary/aromatic N) is 1. The second-order valence-corrected chi connectivity index (χ2v) is 10.1. The molecule has 1 amide bonds. The normalized spacial score (nSPS) is 17.4. The number of amides is 1. The van der Waals surface area contributed by atoms with Crippen molar-refractivity contribution in [1.29, 1.82) is 0 Å². The minimum Gasteiger partial charge on any atom is -0.495 e. The highest BCUT2D eigenvalue weighted by atomic mass is 32.2. The summed E-state index contributed by atoms with van der Waals surface area (Å²) < 4.78 is 37.4.